The number of ether oxygens (including phenoxy) is 3. The zero-order valence-corrected chi connectivity index (χ0v) is 23.8. The normalized spacial score (nSPS) is 15.0. The van der Waals surface area contributed by atoms with Gasteiger partial charge in [0.2, 0.25) is 10.0 Å². The molecule has 2 N–H and O–H groups in total. The highest BCUT2D eigenvalue weighted by molar-refractivity contribution is 7.89. The first-order valence-corrected chi connectivity index (χ1v) is 14.9. The number of methoxy groups -OCH3 is 1. The highest BCUT2D eigenvalue weighted by Gasteiger charge is 2.31. The Kier molecular flexibility index (Phi) is 12.0. The smallest absolute Gasteiger partial charge is 0.410 e. The van der Waals surface area contributed by atoms with Gasteiger partial charge < -0.3 is 29.5 Å². The fraction of sp³-hybridized carbons (Fsp3) is 0.500. The van der Waals surface area contributed by atoms with Gasteiger partial charge in [-0.15, -0.1) is 0 Å². The molecule has 11 nitrogen and oxygen atoms in total. The number of hydrogen-bond donors (Lipinski definition) is 2. The number of rotatable bonds is 16. The minimum atomic E-state index is -3.94. The number of unbranched alkanes of at least 4 members (excludes halogenated alkanes) is 2. The molecule has 0 radical (unpaired) electrons. The first kappa shape index (κ1) is 31.2. The number of aliphatic hydroxyl groups is 1. The topological polar surface area (TPSA) is 135 Å². The summed E-state index contributed by atoms with van der Waals surface area (Å²) in [6.07, 6.45) is 0.129. The third kappa shape index (κ3) is 9.10. The maximum atomic E-state index is 13.6. The molecule has 1 fully saturated rings. The second-order valence-corrected chi connectivity index (χ2v) is 11.4. The van der Waals surface area contributed by atoms with Crippen LogP contribution in [0.1, 0.15) is 31.7 Å². The van der Waals surface area contributed by atoms with Crippen molar-refractivity contribution in [2.45, 2.75) is 49.6 Å². The van der Waals surface area contributed by atoms with Crippen molar-refractivity contribution in [2.24, 2.45) is 0 Å². The molecule has 0 unspecified atom stereocenters. The van der Waals surface area contributed by atoms with E-state index < -0.39 is 34.4 Å². The molecule has 1 aliphatic heterocycles. The molecule has 1 saturated heterocycles. The van der Waals surface area contributed by atoms with Crippen LogP contribution >= 0.6 is 0 Å². The predicted molar refractivity (Wildman–Crippen MR) is 149 cm³/mol. The Labute approximate surface area is 236 Å². The zero-order chi connectivity index (χ0) is 29.0. The van der Waals surface area contributed by atoms with Crippen LogP contribution in [0.15, 0.2) is 59.5 Å². The van der Waals surface area contributed by atoms with Gasteiger partial charge in [0, 0.05) is 13.1 Å². The van der Waals surface area contributed by atoms with Gasteiger partial charge in [-0.2, -0.15) is 4.31 Å². The van der Waals surface area contributed by atoms with E-state index in [2.05, 4.69) is 5.32 Å². The molecule has 0 aliphatic carbocycles. The molecule has 220 valence electrons. The van der Waals surface area contributed by atoms with Crippen molar-refractivity contribution in [3.8, 4) is 5.75 Å². The molecule has 2 aromatic carbocycles. The number of nitrogens with one attached hydrogen (secondary N) is 1. The van der Waals surface area contributed by atoms with E-state index in [-0.39, 0.29) is 37.6 Å². The summed E-state index contributed by atoms with van der Waals surface area (Å²) in [5.74, 6) is 0.531. The fourth-order valence-corrected chi connectivity index (χ4v) is 5.80. The number of aliphatic hydroxyl groups excluding tert-OH is 1. The van der Waals surface area contributed by atoms with Crippen molar-refractivity contribution >= 4 is 22.2 Å². The summed E-state index contributed by atoms with van der Waals surface area (Å²) in [4.78, 5) is 25.8. The summed E-state index contributed by atoms with van der Waals surface area (Å²) >= 11 is 0. The first-order chi connectivity index (χ1) is 19.2. The van der Waals surface area contributed by atoms with E-state index in [9.17, 15) is 23.1 Å². The van der Waals surface area contributed by atoms with Gasteiger partial charge in [-0.05, 0) is 42.7 Å². The van der Waals surface area contributed by atoms with Crippen molar-refractivity contribution < 1.29 is 37.3 Å². The van der Waals surface area contributed by atoms with Crippen LogP contribution in [-0.4, -0.2) is 93.6 Å². The number of amides is 2. The summed E-state index contributed by atoms with van der Waals surface area (Å²) in [5, 5.41) is 14.0. The second-order valence-electron chi connectivity index (χ2n) is 9.49. The average molecular weight is 578 g/mol. The van der Waals surface area contributed by atoms with E-state index in [1.165, 1.54) is 28.4 Å². The van der Waals surface area contributed by atoms with Crippen LogP contribution in [0.25, 0.3) is 0 Å². The van der Waals surface area contributed by atoms with Gasteiger partial charge in [0.05, 0.1) is 37.2 Å². The highest BCUT2D eigenvalue weighted by Crippen LogP contribution is 2.21. The van der Waals surface area contributed by atoms with E-state index in [0.717, 1.165) is 18.4 Å². The van der Waals surface area contributed by atoms with Crippen LogP contribution < -0.4 is 10.1 Å². The van der Waals surface area contributed by atoms with E-state index in [1.54, 1.807) is 12.1 Å². The molecule has 0 bridgehead atoms. The lowest BCUT2D eigenvalue weighted by Gasteiger charge is -2.30. The van der Waals surface area contributed by atoms with Gasteiger partial charge in [0.15, 0.2) is 0 Å². The maximum Gasteiger partial charge on any atom is 0.410 e. The number of nitrogens with zero attached hydrogens (tertiary/aromatic N) is 2. The Morgan fingerprint density at radius 2 is 1.88 bits per heavy atom. The Bertz CT molecular complexity index is 1180. The van der Waals surface area contributed by atoms with Gasteiger partial charge >= 0.3 is 12.2 Å². The molecule has 2 atom stereocenters. The first-order valence-electron chi connectivity index (χ1n) is 13.5. The molecule has 2 aromatic rings. The van der Waals surface area contributed by atoms with Gasteiger partial charge in [-0.3, -0.25) is 0 Å². The summed E-state index contributed by atoms with van der Waals surface area (Å²) in [5.41, 5.74) is 0.849. The molecule has 3 rings (SSSR count). The third-order valence-corrected chi connectivity index (χ3v) is 8.48. The monoisotopic (exact) mass is 577 g/mol. The molecule has 1 aliphatic rings. The lowest BCUT2D eigenvalue weighted by atomic mass is 10.0. The summed E-state index contributed by atoms with van der Waals surface area (Å²) in [6, 6.07) is 14.5. The van der Waals surface area contributed by atoms with Crippen LogP contribution in [0.4, 0.5) is 9.59 Å². The second kappa shape index (κ2) is 15.4. The van der Waals surface area contributed by atoms with Crippen LogP contribution in [0.2, 0.25) is 0 Å². The minimum Gasteiger partial charge on any atom is -0.497 e. The molecule has 0 spiro atoms. The number of carbonyl (C=O) groups excluding carboxylic acids is 2. The van der Waals surface area contributed by atoms with Crippen LogP contribution in [0, 0.1) is 0 Å². The van der Waals surface area contributed by atoms with Crippen molar-refractivity contribution in [2.75, 3.05) is 46.5 Å². The molecule has 0 aromatic heterocycles. The van der Waals surface area contributed by atoms with Crippen LogP contribution in [0.3, 0.4) is 0 Å². The van der Waals surface area contributed by atoms with Crippen molar-refractivity contribution in [1.82, 2.24) is 14.5 Å². The summed E-state index contributed by atoms with van der Waals surface area (Å²) in [7, 11) is -2.44. The number of sulfonamides is 1. The molecule has 12 heteroatoms. The van der Waals surface area contributed by atoms with Crippen molar-refractivity contribution in [3.05, 3.63) is 60.2 Å². The molecule has 0 saturated carbocycles. The number of cyclic esters (lactones) is 1. The zero-order valence-electron chi connectivity index (χ0n) is 23.0. The quantitative estimate of drug-likeness (QED) is 0.291. The van der Waals surface area contributed by atoms with E-state index in [1.807, 2.05) is 37.3 Å². The molecular weight excluding hydrogens is 538 g/mol. The Morgan fingerprint density at radius 1 is 1.15 bits per heavy atom. The molecule has 1 heterocycles. The lowest BCUT2D eigenvalue weighted by Crippen LogP contribution is -2.51. The minimum absolute atomic E-state index is 0.0515. The van der Waals surface area contributed by atoms with Crippen LogP contribution in [0.5, 0.6) is 5.75 Å². The average Bonchev–Trinajstić information content (AvgIpc) is 3.37. The molecular formula is C28H39N3O8S. The third-order valence-electron chi connectivity index (χ3n) is 6.60. The lowest BCUT2D eigenvalue weighted by molar-refractivity contribution is 0.0879. The van der Waals surface area contributed by atoms with E-state index in [0.29, 0.717) is 25.3 Å². The van der Waals surface area contributed by atoms with Gasteiger partial charge in [-0.25, -0.2) is 18.0 Å². The van der Waals surface area contributed by atoms with Crippen molar-refractivity contribution in [1.29, 1.82) is 0 Å². The van der Waals surface area contributed by atoms with E-state index >= 15 is 0 Å². The number of alkyl carbamates (subject to hydrolysis) is 1. The largest absolute Gasteiger partial charge is 0.497 e. The number of carbonyl (C=O) groups is 2. The SMILES string of the molecule is CCCCCN(C[C@@H](O)[C@H](Cc1ccccc1)NC(=O)OCCN1CCOC1=O)S(=O)(=O)c1ccc(OC)cc1. The van der Waals surface area contributed by atoms with Crippen LogP contribution in [-0.2, 0) is 25.9 Å². The highest BCUT2D eigenvalue weighted by atomic mass is 32.2. The standard InChI is InChI=1S/C28H39N3O8S/c1-3-4-8-15-31(40(35,36)24-13-11-23(37-2)12-14-24)21-26(32)25(20-22-9-6-5-7-10-22)29-27(33)38-18-16-30-17-19-39-28(30)34/h5-7,9-14,25-26,32H,3-4,8,15-21H2,1-2H3,(H,29,33)/t25-,26+/m0/s1. The summed E-state index contributed by atoms with van der Waals surface area (Å²) < 4.78 is 43.7. The Hall–Kier alpha value is -3.35. The van der Waals surface area contributed by atoms with Crippen molar-refractivity contribution in [3.63, 3.8) is 0 Å². The molecule has 40 heavy (non-hydrogen) atoms. The van der Waals surface area contributed by atoms with E-state index in [4.69, 9.17) is 14.2 Å². The fourth-order valence-electron chi connectivity index (χ4n) is 4.30. The Morgan fingerprint density at radius 3 is 2.50 bits per heavy atom. The summed E-state index contributed by atoms with van der Waals surface area (Å²) in [6.45, 7) is 2.87. The predicted octanol–water partition coefficient (Wildman–Crippen LogP) is 3.03. The number of hydrogen-bond acceptors (Lipinski definition) is 8. The Balaban J connectivity index is 1.73. The van der Waals surface area contributed by atoms with Gasteiger partial charge in [-0.1, -0.05) is 50.1 Å². The van der Waals surface area contributed by atoms with Gasteiger partial charge in [0.1, 0.15) is 19.0 Å². The molecule has 2 amide bonds. The van der Waals surface area contributed by atoms with Gasteiger partial charge in [0.25, 0.3) is 0 Å². The maximum absolute atomic E-state index is 13.6. The number of benzene rings is 2.